The van der Waals surface area contributed by atoms with E-state index >= 15 is 0 Å². The predicted octanol–water partition coefficient (Wildman–Crippen LogP) is 4.91. The maximum Gasteiger partial charge on any atom is 0.416 e. The summed E-state index contributed by atoms with van der Waals surface area (Å²) >= 11 is 0. The summed E-state index contributed by atoms with van der Waals surface area (Å²) in [4.78, 5) is 4.12. The molecule has 1 aliphatic heterocycles. The van der Waals surface area contributed by atoms with Crippen molar-refractivity contribution < 1.29 is 26.3 Å². The van der Waals surface area contributed by atoms with Gasteiger partial charge >= 0.3 is 6.18 Å². The number of halogens is 3. The van der Waals surface area contributed by atoms with E-state index in [1.54, 1.807) is 12.1 Å². The molecule has 3 aromatic rings. The molecule has 0 radical (unpaired) electrons. The molecule has 0 saturated carbocycles. The van der Waals surface area contributed by atoms with E-state index in [0.29, 0.717) is 12.6 Å². The molecule has 3 aromatic carbocycles. The number of sulfonamides is 1. The fourth-order valence-electron chi connectivity index (χ4n) is 3.56. The van der Waals surface area contributed by atoms with Crippen LogP contribution in [0.25, 0.3) is 0 Å². The standard InChI is InChI=1S/C23H19F3N2O3S/c1-31-21-13-16(22-19-8-3-2-5-15(19)11-12-27-22)9-10-20(21)28-32(29,30)18-7-4-6-17(14-18)23(24,25)26/h2-10,13-14,28H,11-12H2,1H3. The van der Waals surface area contributed by atoms with Gasteiger partial charge in [-0.25, -0.2) is 8.42 Å². The third-order valence-electron chi connectivity index (χ3n) is 5.11. The van der Waals surface area contributed by atoms with E-state index in [2.05, 4.69) is 9.71 Å². The molecular weight excluding hydrogens is 441 g/mol. The van der Waals surface area contributed by atoms with E-state index in [0.717, 1.165) is 41.5 Å². The van der Waals surface area contributed by atoms with Gasteiger partial charge in [0.25, 0.3) is 10.0 Å². The van der Waals surface area contributed by atoms with Crippen molar-refractivity contribution in [2.45, 2.75) is 17.5 Å². The number of benzene rings is 3. The molecule has 32 heavy (non-hydrogen) atoms. The summed E-state index contributed by atoms with van der Waals surface area (Å²) < 4.78 is 72.1. The molecule has 0 aromatic heterocycles. The van der Waals surface area contributed by atoms with Gasteiger partial charge in [0.15, 0.2) is 0 Å². The maximum atomic E-state index is 13.0. The zero-order valence-electron chi connectivity index (χ0n) is 17.0. The number of ether oxygens (including phenoxy) is 1. The highest BCUT2D eigenvalue weighted by Crippen LogP contribution is 2.33. The first-order chi connectivity index (χ1) is 15.2. The first kappa shape index (κ1) is 21.9. The van der Waals surface area contributed by atoms with Gasteiger partial charge in [-0.3, -0.25) is 9.71 Å². The van der Waals surface area contributed by atoms with Crippen molar-refractivity contribution in [2.75, 3.05) is 18.4 Å². The fraction of sp³-hybridized carbons (Fsp3) is 0.174. The van der Waals surface area contributed by atoms with Crippen LogP contribution >= 0.6 is 0 Å². The Morgan fingerprint density at radius 3 is 2.53 bits per heavy atom. The second-order valence-electron chi connectivity index (χ2n) is 7.18. The molecule has 5 nitrogen and oxygen atoms in total. The van der Waals surface area contributed by atoms with Crippen LogP contribution in [0.5, 0.6) is 5.75 Å². The van der Waals surface area contributed by atoms with Crippen molar-refractivity contribution >= 4 is 21.4 Å². The summed E-state index contributed by atoms with van der Waals surface area (Å²) in [6, 6.07) is 16.3. The van der Waals surface area contributed by atoms with Crippen molar-refractivity contribution in [3.05, 3.63) is 89.0 Å². The second kappa shape index (κ2) is 8.31. The maximum absolute atomic E-state index is 13.0. The fourth-order valence-corrected chi connectivity index (χ4v) is 4.67. The molecule has 4 rings (SSSR count). The third kappa shape index (κ3) is 4.34. The minimum Gasteiger partial charge on any atom is -0.495 e. The Morgan fingerprint density at radius 2 is 1.78 bits per heavy atom. The summed E-state index contributed by atoms with van der Waals surface area (Å²) in [5, 5.41) is 0. The van der Waals surface area contributed by atoms with Crippen LogP contribution in [-0.4, -0.2) is 27.8 Å². The van der Waals surface area contributed by atoms with Crippen LogP contribution in [0, 0.1) is 0 Å². The summed E-state index contributed by atoms with van der Waals surface area (Å²) in [5.74, 6) is 0.226. The van der Waals surface area contributed by atoms with E-state index in [4.69, 9.17) is 4.74 Å². The van der Waals surface area contributed by atoms with Crippen LogP contribution in [0.3, 0.4) is 0 Å². The molecule has 0 saturated heterocycles. The number of rotatable bonds is 5. The lowest BCUT2D eigenvalue weighted by Gasteiger charge is -2.19. The molecule has 0 bridgehead atoms. The first-order valence-corrected chi connectivity index (χ1v) is 11.2. The molecule has 166 valence electrons. The van der Waals surface area contributed by atoms with Gasteiger partial charge in [-0.15, -0.1) is 0 Å². The quantitative estimate of drug-likeness (QED) is 0.589. The highest BCUT2D eigenvalue weighted by Gasteiger charge is 2.32. The lowest BCUT2D eigenvalue weighted by molar-refractivity contribution is -0.137. The van der Waals surface area contributed by atoms with Gasteiger partial charge in [0.2, 0.25) is 0 Å². The Kier molecular flexibility index (Phi) is 5.68. The zero-order valence-corrected chi connectivity index (χ0v) is 17.8. The van der Waals surface area contributed by atoms with E-state index < -0.39 is 26.7 Å². The van der Waals surface area contributed by atoms with Crippen molar-refractivity contribution in [1.29, 1.82) is 0 Å². The number of methoxy groups -OCH3 is 1. The Balaban J connectivity index is 1.67. The predicted molar refractivity (Wildman–Crippen MR) is 116 cm³/mol. The van der Waals surface area contributed by atoms with Gasteiger partial charge in [0.1, 0.15) is 5.75 Å². The summed E-state index contributed by atoms with van der Waals surface area (Å²) in [6.07, 6.45) is -3.81. The van der Waals surface area contributed by atoms with E-state index in [9.17, 15) is 21.6 Å². The molecule has 0 amide bonds. The van der Waals surface area contributed by atoms with Crippen LogP contribution in [0.4, 0.5) is 18.9 Å². The minimum absolute atomic E-state index is 0.110. The second-order valence-corrected chi connectivity index (χ2v) is 8.87. The van der Waals surface area contributed by atoms with Crippen molar-refractivity contribution in [1.82, 2.24) is 0 Å². The molecule has 1 N–H and O–H groups in total. The lowest BCUT2D eigenvalue weighted by Crippen LogP contribution is -2.16. The number of fused-ring (bicyclic) bond motifs is 1. The highest BCUT2D eigenvalue weighted by molar-refractivity contribution is 7.92. The monoisotopic (exact) mass is 460 g/mol. The van der Waals surface area contributed by atoms with Crippen molar-refractivity contribution in [3.8, 4) is 5.75 Å². The number of nitrogens with zero attached hydrogens (tertiary/aromatic N) is 1. The molecule has 0 unspecified atom stereocenters. The molecule has 0 spiro atoms. The molecule has 1 aliphatic rings. The van der Waals surface area contributed by atoms with E-state index in [1.165, 1.54) is 18.7 Å². The zero-order chi connectivity index (χ0) is 22.9. The van der Waals surface area contributed by atoms with Crippen LogP contribution in [0.1, 0.15) is 22.3 Å². The Bertz CT molecular complexity index is 1300. The van der Waals surface area contributed by atoms with Gasteiger partial charge in [0, 0.05) is 17.7 Å². The summed E-state index contributed by atoms with van der Waals surface area (Å²) in [5.41, 5.74) is 2.76. The number of hydrogen-bond acceptors (Lipinski definition) is 4. The van der Waals surface area contributed by atoms with Gasteiger partial charge in [0.05, 0.1) is 29.0 Å². The average molecular weight is 460 g/mol. The Hall–Kier alpha value is -3.33. The van der Waals surface area contributed by atoms with Crippen molar-refractivity contribution in [2.24, 2.45) is 4.99 Å². The number of alkyl halides is 3. The van der Waals surface area contributed by atoms with Crippen LogP contribution < -0.4 is 9.46 Å². The SMILES string of the molecule is COc1cc(C2=NCCc3ccccc32)ccc1NS(=O)(=O)c1cccc(C(F)(F)F)c1. The molecule has 1 heterocycles. The van der Waals surface area contributed by atoms with Gasteiger partial charge in [-0.1, -0.05) is 36.4 Å². The molecule has 0 atom stereocenters. The normalized spacial score (nSPS) is 13.8. The molecule has 9 heteroatoms. The van der Waals surface area contributed by atoms with E-state index in [1.807, 2.05) is 24.3 Å². The number of nitrogens with one attached hydrogen (secondary N) is 1. The van der Waals surface area contributed by atoms with Gasteiger partial charge in [-0.2, -0.15) is 13.2 Å². The van der Waals surface area contributed by atoms with Crippen LogP contribution in [-0.2, 0) is 22.6 Å². The Labute approximate surface area is 183 Å². The number of anilines is 1. The first-order valence-electron chi connectivity index (χ1n) is 9.70. The minimum atomic E-state index is -4.65. The lowest BCUT2D eigenvalue weighted by atomic mass is 9.93. The molecule has 0 aliphatic carbocycles. The number of aliphatic imine (C=N–C) groups is 1. The van der Waals surface area contributed by atoms with Gasteiger partial charge < -0.3 is 4.74 Å². The van der Waals surface area contributed by atoms with Crippen LogP contribution in [0.2, 0.25) is 0 Å². The highest BCUT2D eigenvalue weighted by atomic mass is 32.2. The molecular formula is C23H19F3N2O3S. The number of hydrogen-bond donors (Lipinski definition) is 1. The average Bonchev–Trinajstić information content (AvgIpc) is 2.78. The van der Waals surface area contributed by atoms with Gasteiger partial charge in [-0.05, 0) is 42.3 Å². The third-order valence-corrected chi connectivity index (χ3v) is 6.48. The smallest absolute Gasteiger partial charge is 0.416 e. The van der Waals surface area contributed by atoms with Crippen molar-refractivity contribution in [3.63, 3.8) is 0 Å². The largest absolute Gasteiger partial charge is 0.495 e. The summed E-state index contributed by atoms with van der Waals surface area (Å²) in [6.45, 7) is 0.637. The summed E-state index contributed by atoms with van der Waals surface area (Å²) in [7, 11) is -2.89. The Morgan fingerprint density at radius 1 is 1.00 bits per heavy atom. The van der Waals surface area contributed by atoms with Crippen LogP contribution in [0.15, 0.2) is 76.6 Å². The molecule has 0 fully saturated rings. The van der Waals surface area contributed by atoms with E-state index in [-0.39, 0.29) is 11.4 Å². The topological polar surface area (TPSA) is 67.8 Å².